The largest absolute Gasteiger partial charge is 0.330 e. The van der Waals surface area contributed by atoms with E-state index in [0.717, 1.165) is 17.8 Å². The normalized spacial score (nSPS) is 30.3. The van der Waals surface area contributed by atoms with Crippen LogP contribution in [0.25, 0.3) is 0 Å². The molecule has 4 heteroatoms. The Morgan fingerprint density at radius 2 is 2.60 bits per heavy atom. The first-order valence-corrected chi connectivity index (χ1v) is 3.39. The summed E-state index contributed by atoms with van der Waals surface area (Å²) in [7, 11) is 0. The highest BCUT2D eigenvalue weighted by Gasteiger charge is 2.29. The van der Waals surface area contributed by atoms with Crippen LogP contribution in [0.4, 0.5) is 4.39 Å². The monoisotopic (exact) mass is 141 g/mol. The van der Waals surface area contributed by atoms with E-state index in [1.807, 2.05) is 0 Å². The first-order chi connectivity index (χ1) is 4.86. The average molecular weight is 141 g/mol. The summed E-state index contributed by atoms with van der Waals surface area (Å²) in [6.07, 6.45) is 1.09. The number of hydrogen-bond donors (Lipinski definition) is 1. The maximum Gasteiger partial charge on any atom is 0.330 e. The second kappa shape index (κ2) is 2.04. The van der Waals surface area contributed by atoms with E-state index in [1.54, 1.807) is 0 Å². The van der Waals surface area contributed by atoms with Gasteiger partial charge in [0.15, 0.2) is 0 Å². The second-order valence-corrected chi connectivity index (χ2v) is 2.58. The molecule has 1 radical (unpaired) electrons. The summed E-state index contributed by atoms with van der Waals surface area (Å²) in [4.78, 5) is 0. The quantitative estimate of drug-likeness (QED) is 0.537. The van der Waals surface area contributed by atoms with Crippen LogP contribution in [-0.4, -0.2) is 6.17 Å². The molecule has 0 aromatic heterocycles. The fourth-order valence-corrected chi connectivity index (χ4v) is 1.25. The molecule has 0 amide bonds. The SMILES string of the molecule is FC1CCC2=C(C1)N=[N+]N2. The lowest BCUT2D eigenvalue weighted by atomic mass is 10.0. The third-order valence-corrected chi connectivity index (χ3v) is 1.83. The molecule has 0 spiro atoms. The van der Waals surface area contributed by atoms with Gasteiger partial charge in [-0.1, -0.05) is 5.43 Å². The number of alkyl halides is 1. The molecule has 0 aromatic carbocycles. The zero-order chi connectivity index (χ0) is 6.97. The summed E-state index contributed by atoms with van der Waals surface area (Å²) in [5.74, 6) is 0. The van der Waals surface area contributed by atoms with Gasteiger partial charge < -0.3 is 0 Å². The van der Waals surface area contributed by atoms with Crippen LogP contribution in [0.5, 0.6) is 0 Å². The van der Waals surface area contributed by atoms with Gasteiger partial charge in [-0.05, 0) is 12.8 Å². The molecule has 0 saturated carbocycles. The van der Waals surface area contributed by atoms with Crippen LogP contribution in [0.2, 0.25) is 0 Å². The van der Waals surface area contributed by atoms with E-state index in [-0.39, 0.29) is 0 Å². The minimum absolute atomic E-state index is 0.436. The Bertz CT molecular complexity index is 209. The number of rotatable bonds is 0. The topological polar surface area (TPSA) is 38.5 Å². The third-order valence-electron chi connectivity index (χ3n) is 1.83. The molecule has 1 aliphatic heterocycles. The Balaban J connectivity index is 2.19. The molecule has 2 rings (SSSR count). The van der Waals surface area contributed by atoms with Gasteiger partial charge in [-0.3, -0.25) is 0 Å². The zero-order valence-electron chi connectivity index (χ0n) is 5.47. The average Bonchev–Trinajstić information content (AvgIpc) is 2.33. The fraction of sp³-hybridized carbons (Fsp3) is 0.667. The lowest BCUT2D eigenvalue weighted by Gasteiger charge is -2.10. The molecule has 1 heterocycles. The van der Waals surface area contributed by atoms with E-state index in [2.05, 4.69) is 15.8 Å². The Morgan fingerprint density at radius 1 is 1.70 bits per heavy atom. The lowest BCUT2D eigenvalue weighted by Crippen LogP contribution is -2.15. The van der Waals surface area contributed by atoms with E-state index < -0.39 is 6.17 Å². The van der Waals surface area contributed by atoms with Crippen LogP contribution < -0.4 is 10.6 Å². The lowest BCUT2D eigenvalue weighted by molar-refractivity contribution is 0.299. The molecule has 53 valence electrons. The van der Waals surface area contributed by atoms with Gasteiger partial charge in [-0.25, -0.2) is 4.39 Å². The Labute approximate surface area is 58.0 Å². The van der Waals surface area contributed by atoms with Crippen LogP contribution in [0.15, 0.2) is 16.5 Å². The molecule has 3 nitrogen and oxygen atoms in total. The van der Waals surface area contributed by atoms with Crippen LogP contribution in [-0.2, 0) is 0 Å². The minimum Gasteiger partial charge on any atom is -0.247 e. The van der Waals surface area contributed by atoms with Crippen LogP contribution in [0.1, 0.15) is 19.3 Å². The highest BCUT2D eigenvalue weighted by atomic mass is 19.1. The molecular formula is C6H8FN3+. The predicted octanol–water partition coefficient (Wildman–Crippen LogP) is 1.03. The van der Waals surface area contributed by atoms with Crippen molar-refractivity contribution >= 4 is 0 Å². The molecule has 0 saturated heterocycles. The standard InChI is InChI=1S/C6H8FN3/c7-4-1-2-5-6(3-4)9-10-8-5/h4H,1-3H2,(H,8,9)/q+1. The molecule has 1 N–H and O–H groups in total. The zero-order valence-corrected chi connectivity index (χ0v) is 5.47. The van der Waals surface area contributed by atoms with Crippen LogP contribution in [0.3, 0.4) is 0 Å². The molecule has 1 unspecified atom stereocenters. The van der Waals surface area contributed by atoms with E-state index in [4.69, 9.17) is 0 Å². The van der Waals surface area contributed by atoms with Crippen molar-refractivity contribution in [3.8, 4) is 0 Å². The van der Waals surface area contributed by atoms with E-state index >= 15 is 0 Å². The van der Waals surface area contributed by atoms with Crippen molar-refractivity contribution in [2.45, 2.75) is 25.4 Å². The maximum absolute atomic E-state index is 12.7. The Kier molecular flexibility index (Phi) is 1.19. The number of nitrogens with zero attached hydrogens (tertiary/aromatic N) is 2. The van der Waals surface area contributed by atoms with Crippen molar-refractivity contribution < 1.29 is 4.39 Å². The van der Waals surface area contributed by atoms with E-state index in [9.17, 15) is 4.39 Å². The maximum atomic E-state index is 12.7. The fourth-order valence-electron chi connectivity index (χ4n) is 1.25. The number of nitrogens with one attached hydrogen (secondary N) is 1. The molecular weight excluding hydrogens is 133 g/mol. The van der Waals surface area contributed by atoms with E-state index in [0.29, 0.717) is 12.8 Å². The molecule has 0 fully saturated rings. The molecule has 2 aliphatic rings. The van der Waals surface area contributed by atoms with Gasteiger partial charge in [0.05, 0.1) is 5.11 Å². The smallest absolute Gasteiger partial charge is 0.247 e. The number of allylic oxidation sites excluding steroid dienone is 2. The molecule has 0 bridgehead atoms. The molecule has 10 heavy (non-hydrogen) atoms. The van der Waals surface area contributed by atoms with Gasteiger partial charge >= 0.3 is 5.22 Å². The van der Waals surface area contributed by atoms with Crippen molar-refractivity contribution in [1.29, 1.82) is 0 Å². The highest BCUT2D eigenvalue weighted by molar-refractivity contribution is 5.16. The minimum atomic E-state index is -0.711. The summed E-state index contributed by atoms with van der Waals surface area (Å²) >= 11 is 0. The van der Waals surface area contributed by atoms with Crippen molar-refractivity contribution in [1.82, 2.24) is 10.6 Å². The number of hydrogen-bond acceptors (Lipinski definition) is 3. The summed E-state index contributed by atoms with van der Waals surface area (Å²) in [6.45, 7) is 0. The van der Waals surface area contributed by atoms with Gasteiger partial charge in [0.2, 0.25) is 0 Å². The van der Waals surface area contributed by atoms with Gasteiger partial charge in [0, 0.05) is 6.42 Å². The first-order valence-electron chi connectivity index (χ1n) is 3.39. The van der Waals surface area contributed by atoms with Gasteiger partial charge in [-0.15, -0.1) is 0 Å². The molecule has 1 atom stereocenters. The predicted molar refractivity (Wildman–Crippen MR) is 33.5 cm³/mol. The van der Waals surface area contributed by atoms with Crippen LogP contribution >= 0.6 is 0 Å². The summed E-state index contributed by atoms with van der Waals surface area (Å²) < 4.78 is 12.7. The second-order valence-electron chi connectivity index (χ2n) is 2.58. The van der Waals surface area contributed by atoms with Gasteiger partial charge in [0.25, 0.3) is 0 Å². The summed E-state index contributed by atoms with van der Waals surface area (Å²) in [6, 6.07) is 0. The van der Waals surface area contributed by atoms with Gasteiger partial charge in [-0.2, -0.15) is 0 Å². The van der Waals surface area contributed by atoms with Crippen molar-refractivity contribution in [3.63, 3.8) is 0 Å². The number of halogens is 1. The van der Waals surface area contributed by atoms with Crippen molar-refractivity contribution in [2.75, 3.05) is 0 Å². The summed E-state index contributed by atoms with van der Waals surface area (Å²) in [5, 5.41) is 7.36. The Morgan fingerprint density at radius 3 is 3.50 bits per heavy atom. The molecule has 1 aliphatic carbocycles. The Hall–Kier alpha value is -0.930. The molecule has 0 aromatic rings. The summed E-state index contributed by atoms with van der Waals surface area (Å²) in [5.41, 5.74) is 4.56. The van der Waals surface area contributed by atoms with E-state index in [1.165, 1.54) is 0 Å². The first kappa shape index (κ1) is 5.82. The third kappa shape index (κ3) is 0.798. The highest BCUT2D eigenvalue weighted by Crippen LogP contribution is 2.27. The van der Waals surface area contributed by atoms with Crippen molar-refractivity contribution in [3.05, 3.63) is 11.4 Å². The van der Waals surface area contributed by atoms with Crippen LogP contribution in [0, 0.1) is 0 Å². The van der Waals surface area contributed by atoms with Gasteiger partial charge in [0.1, 0.15) is 17.6 Å². The van der Waals surface area contributed by atoms with Crippen molar-refractivity contribution in [2.24, 2.45) is 5.11 Å².